The quantitative estimate of drug-likeness (QED) is 0.763. The molecule has 4 nitrogen and oxygen atoms in total. The Labute approximate surface area is 124 Å². The van der Waals surface area contributed by atoms with Crippen LogP contribution < -0.4 is 9.47 Å². The van der Waals surface area contributed by atoms with Crippen molar-refractivity contribution in [2.24, 2.45) is 0 Å². The maximum atomic E-state index is 12.5. The van der Waals surface area contributed by atoms with E-state index in [2.05, 4.69) is 4.98 Å². The number of ketones is 1. The molecule has 2 aromatic rings. The van der Waals surface area contributed by atoms with E-state index in [4.69, 9.17) is 9.47 Å². The van der Waals surface area contributed by atoms with Crippen molar-refractivity contribution in [2.45, 2.75) is 20.8 Å². The number of nitrogens with zero attached hydrogens (tertiary/aromatic N) is 1. The van der Waals surface area contributed by atoms with E-state index in [-0.39, 0.29) is 5.78 Å². The number of ether oxygens (including phenoxy) is 2. The Bertz CT molecular complexity index is 638. The molecule has 1 heterocycles. The fourth-order valence-electron chi connectivity index (χ4n) is 2.05. The molecule has 0 fully saturated rings. The van der Waals surface area contributed by atoms with Crippen LogP contribution in [0, 0.1) is 6.92 Å². The van der Waals surface area contributed by atoms with E-state index >= 15 is 0 Å². The van der Waals surface area contributed by atoms with Gasteiger partial charge in [0.15, 0.2) is 17.3 Å². The van der Waals surface area contributed by atoms with E-state index in [0.717, 1.165) is 5.69 Å². The lowest BCUT2D eigenvalue weighted by molar-refractivity contribution is 0.103. The van der Waals surface area contributed by atoms with Gasteiger partial charge in [-0.05, 0) is 51.1 Å². The SMILES string of the molecule is CCOc1ccc(C(=O)c2ccnc(C)c2)cc1OCC. The van der Waals surface area contributed by atoms with Crippen molar-refractivity contribution >= 4 is 5.78 Å². The molecule has 0 saturated carbocycles. The predicted molar refractivity (Wildman–Crippen MR) is 81.2 cm³/mol. The fourth-order valence-corrected chi connectivity index (χ4v) is 2.05. The maximum Gasteiger partial charge on any atom is 0.193 e. The molecule has 0 spiro atoms. The zero-order valence-electron chi connectivity index (χ0n) is 12.6. The van der Waals surface area contributed by atoms with Gasteiger partial charge >= 0.3 is 0 Å². The van der Waals surface area contributed by atoms with Gasteiger partial charge in [0.05, 0.1) is 13.2 Å². The molecular weight excluding hydrogens is 266 g/mol. The number of pyridine rings is 1. The summed E-state index contributed by atoms with van der Waals surface area (Å²) in [5, 5.41) is 0. The molecule has 0 aliphatic carbocycles. The topological polar surface area (TPSA) is 48.4 Å². The van der Waals surface area contributed by atoms with E-state index in [1.54, 1.807) is 36.5 Å². The van der Waals surface area contributed by atoms with Crippen molar-refractivity contribution in [1.82, 2.24) is 4.98 Å². The minimum atomic E-state index is -0.0514. The lowest BCUT2D eigenvalue weighted by Crippen LogP contribution is -2.04. The van der Waals surface area contributed by atoms with E-state index in [9.17, 15) is 4.79 Å². The first-order valence-electron chi connectivity index (χ1n) is 7.02. The first-order chi connectivity index (χ1) is 10.2. The van der Waals surface area contributed by atoms with Crippen LogP contribution in [-0.2, 0) is 0 Å². The van der Waals surface area contributed by atoms with Gasteiger partial charge in [0.25, 0.3) is 0 Å². The van der Waals surface area contributed by atoms with Gasteiger partial charge in [0.2, 0.25) is 0 Å². The van der Waals surface area contributed by atoms with Crippen LogP contribution in [0.2, 0.25) is 0 Å². The lowest BCUT2D eigenvalue weighted by Gasteiger charge is -2.12. The van der Waals surface area contributed by atoms with Crippen molar-refractivity contribution < 1.29 is 14.3 Å². The molecule has 0 atom stereocenters. The minimum absolute atomic E-state index is 0.0514. The second kappa shape index (κ2) is 6.88. The summed E-state index contributed by atoms with van der Waals surface area (Å²) in [5.41, 5.74) is 2.01. The number of hydrogen-bond acceptors (Lipinski definition) is 4. The third kappa shape index (κ3) is 3.60. The van der Waals surface area contributed by atoms with E-state index in [0.29, 0.717) is 35.8 Å². The molecule has 0 aliphatic rings. The van der Waals surface area contributed by atoms with Gasteiger partial charge in [-0.15, -0.1) is 0 Å². The van der Waals surface area contributed by atoms with E-state index in [1.807, 2.05) is 20.8 Å². The van der Waals surface area contributed by atoms with Crippen molar-refractivity contribution in [3.8, 4) is 11.5 Å². The summed E-state index contributed by atoms with van der Waals surface area (Å²) in [6.45, 7) is 6.74. The van der Waals surface area contributed by atoms with Crippen LogP contribution in [-0.4, -0.2) is 24.0 Å². The number of aromatic nitrogens is 1. The number of rotatable bonds is 6. The highest BCUT2D eigenvalue weighted by Gasteiger charge is 2.13. The second-order valence-electron chi connectivity index (χ2n) is 4.54. The van der Waals surface area contributed by atoms with Gasteiger partial charge in [-0.1, -0.05) is 0 Å². The number of hydrogen-bond donors (Lipinski definition) is 0. The Morgan fingerprint density at radius 2 is 1.67 bits per heavy atom. The third-order valence-corrected chi connectivity index (χ3v) is 2.96. The van der Waals surface area contributed by atoms with Crippen molar-refractivity contribution in [3.05, 3.63) is 53.3 Å². The second-order valence-corrected chi connectivity index (χ2v) is 4.54. The predicted octanol–water partition coefficient (Wildman–Crippen LogP) is 3.42. The Hall–Kier alpha value is -2.36. The molecule has 0 amide bonds. The molecular formula is C17H19NO3. The molecule has 1 aromatic heterocycles. The summed E-state index contributed by atoms with van der Waals surface area (Å²) in [6.07, 6.45) is 1.64. The number of aryl methyl sites for hydroxylation is 1. The standard InChI is InChI=1S/C17H19NO3/c1-4-20-15-7-6-13(11-16(15)21-5-2)17(19)14-8-9-18-12(3)10-14/h6-11H,4-5H2,1-3H3. The molecule has 0 saturated heterocycles. The van der Waals surface area contributed by atoms with Crippen molar-refractivity contribution in [1.29, 1.82) is 0 Å². The first-order valence-corrected chi connectivity index (χ1v) is 7.02. The van der Waals surface area contributed by atoms with Crippen LogP contribution in [0.15, 0.2) is 36.5 Å². The third-order valence-electron chi connectivity index (χ3n) is 2.96. The summed E-state index contributed by atoms with van der Waals surface area (Å²) < 4.78 is 11.1. The minimum Gasteiger partial charge on any atom is -0.490 e. The van der Waals surface area contributed by atoms with Gasteiger partial charge in [-0.3, -0.25) is 9.78 Å². The molecule has 0 N–H and O–H groups in total. The maximum absolute atomic E-state index is 12.5. The molecule has 0 aliphatic heterocycles. The lowest BCUT2D eigenvalue weighted by atomic mass is 10.0. The van der Waals surface area contributed by atoms with Crippen molar-refractivity contribution in [2.75, 3.05) is 13.2 Å². The van der Waals surface area contributed by atoms with Crippen LogP contribution in [0.1, 0.15) is 35.5 Å². The summed E-state index contributed by atoms with van der Waals surface area (Å²) in [4.78, 5) is 16.6. The zero-order valence-corrected chi connectivity index (χ0v) is 12.6. The molecule has 2 rings (SSSR count). The normalized spacial score (nSPS) is 10.2. The summed E-state index contributed by atoms with van der Waals surface area (Å²) in [5.74, 6) is 1.20. The number of benzene rings is 1. The molecule has 110 valence electrons. The number of carbonyl (C=O) groups excluding carboxylic acids is 1. The zero-order chi connectivity index (χ0) is 15.2. The number of carbonyl (C=O) groups is 1. The van der Waals surface area contributed by atoms with Gasteiger partial charge < -0.3 is 9.47 Å². The fraction of sp³-hybridized carbons (Fsp3) is 0.294. The van der Waals surface area contributed by atoms with Gasteiger partial charge in [0.1, 0.15) is 0 Å². The van der Waals surface area contributed by atoms with Gasteiger partial charge in [-0.25, -0.2) is 0 Å². The van der Waals surface area contributed by atoms with Crippen LogP contribution in [0.3, 0.4) is 0 Å². The molecule has 0 radical (unpaired) electrons. The van der Waals surface area contributed by atoms with Crippen LogP contribution in [0.25, 0.3) is 0 Å². The molecule has 21 heavy (non-hydrogen) atoms. The van der Waals surface area contributed by atoms with Crippen LogP contribution in [0.4, 0.5) is 0 Å². The van der Waals surface area contributed by atoms with Crippen LogP contribution in [0.5, 0.6) is 11.5 Å². The highest BCUT2D eigenvalue weighted by molar-refractivity contribution is 6.09. The highest BCUT2D eigenvalue weighted by atomic mass is 16.5. The molecule has 1 aromatic carbocycles. The average molecular weight is 285 g/mol. The summed E-state index contributed by atoms with van der Waals surface area (Å²) in [6, 6.07) is 8.75. The van der Waals surface area contributed by atoms with E-state index < -0.39 is 0 Å². The largest absolute Gasteiger partial charge is 0.490 e. The summed E-state index contributed by atoms with van der Waals surface area (Å²) in [7, 11) is 0. The monoisotopic (exact) mass is 285 g/mol. The first kappa shape index (κ1) is 15.0. The Balaban J connectivity index is 2.35. The Kier molecular flexibility index (Phi) is 4.93. The van der Waals surface area contributed by atoms with Crippen LogP contribution >= 0.6 is 0 Å². The molecule has 0 unspecified atom stereocenters. The van der Waals surface area contributed by atoms with E-state index in [1.165, 1.54) is 0 Å². The highest BCUT2D eigenvalue weighted by Crippen LogP contribution is 2.29. The average Bonchev–Trinajstić information content (AvgIpc) is 2.49. The molecule has 0 bridgehead atoms. The summed E-state index contributed by atoms with van der Waals surface area (Å²) >= 11 is 0. The molecule has 4 heteroatoms. The van der Waals surface area contributed by atoms with Crippen molar-refractivity contribution in [3.63, 3.8) is 0 Å². The van der Waals surface area contributed by atoms with Gasteiger partial charge in [-0.2, -0.15) is 0 Å². The van der Waals surface area contributed by atoms with Gasteiger partial charge in [0, 0.05) is 23.0 Å². The Morgan fingerprint density at radius 3 is 2.33 bits per heavy atom. The Morgan fingerprint density at radius 1 is 1.00 bits per heavy atom. The smallest absolute Gasteiger partial charge is 0.193 e.